The summed E-state index contributed by atoms with van der Waals surface area (Å²) >= 11 is 0. The van der Waals surface area contributed by atoms with Gasteiger partial charge in [0.25, 0.3) is 0 Å². The Morgan fingerprint density at radius 2 is 1.84 bits per heavy atom. The molecule has 0 radical (unpaired) electrons. The molecule has 0 fully saturated rings. The van der Waals surface area contributed by atoms with E-state index in [4.69, 9.17) is 14.6 Å². The molecule has 0 aliphatic heterocycles. The van der Waals surface area contributed by atoms with Gasteiger partial charge in [-0.2, -0.15) is 0 Å². The summed E-state index contributed by atoms with van der Waals surface area (Å²) in [5.41, 5.74) is 5.56. The fourth-order valence-electron chi connectivity index (χ4n) is 3.80. The number of carboxylic acids is 1. The van der Waals surface area contributed by atoms with Gasteiger partial charge >= 0.3 is 5.97 Å². The topological polar surface area (TPSA) is 55.8 Å². The molecular formula is C33H46O4. The van der Waals surface area contributed by atoms with E-state index in [1.165, 1.54) is 5.56 Å². The fraction of sp³-hybridized carbons (Fsp3) is 0.424. The highest BCUT2D eigenvalue weighted by Crippen LogP contribution is 2.33. The van der Waals surface area contributed by atoms with Crippen molar-refractivity contribution >= 4 is 5.97 Å². The quantitative estimate of drug-likeness (QED) is 0.261. The van der Waals surface area contributed by atoms with Gasteiger partial charge in [-0.3, -0.25) is 4.79 Å². The van der Waals surface area contributed by atoms with Crippen LogP contribution in [-0.2, 0) is 17.6 Å². The van der Waals surface area contributed by atoms with Gasteiger partial charge in [-0.05, 0) is 74.1 Å². The predicted octanol–water partition coefficient (Wildman–Crippen LogP) is 8.63. The third-order valence-corrected chi connectivity index (χ3v) is 6.16. The lowest BCUT2D eigenvalue weighted by atomic mass is 9.91. The van der Waals surface area contributed by atoms with Gasteiger partial charge in [0.2, 0.25) is 0 Å². The number of aryl methyl sites for hydroxylation is 3. The molecule has 0 spiro atoms. The van der Waals surface area contributed by atoms with E-state index in [2.05, 4.69) is 51.6 Å². The van der Waals surface area contributed by atoms with Crippen molar-refractivity contribution in [3.05, 3.63) is 95.1 Å². The minimum absolute atomic E-state index is 0.0174. The Morgan fingerprint density at radius 3 is 2.46 bits per heavy atom. The van der Waals surface area contributed by atoms with Crippen LogP contribution in [0.1, 0.15) is 82.6 Å². The van der Waals surface area contributed by atoms with E-state index < -0.39 is 5.97 Å². The van der Waals surface area contributed by atoms with Gasteiger partial charge in [0.05, 0.1) is 12.7 Å². The molecule has 0 heterocycles. The van der Waals surface area contributed by atoms with Crippen molar-refractivity contribution in [2.45, 2.75) is 86.2 Å². The van der Waals surface area contributed by atoms with Gasteiger partial charge in [0, 0.05) is 24.3 Å². The standard InChI is InChI=1S/C31H40O4.C2H6/c1-7-9-10-11-22(3)25(6)29-21-26(8-2)12-16-30(29)35-24(5)18-19-34-28-15-13-27(23(4)20-28)14-17-31(32)33;1-2/h7,9-13,15-16,20-21,24-25H,3,8,14,17-19H2,1-2,4-6H3,(H,32,33);1-2H3/b9-7-,11-10-;. The number of carbonyl (C=O) groups is 1. The van der Waals surface area contributed by atoms with E-state index in [-0.39, 0.29) is 18.4 Å². The van der Waals surface area contributed by atoms with Gasteiger partial charge in [-0.1, -0.05) is 76.8 Å². The van der Waals surface area contributed by atoms with Crippen molar-refractivity contribution in [1.82, 2.24) is 0 Å². The Labute approximate surface area is 224 Å². The van der Waals surface area contributed by atoms with Crippen LogP contribution in [-0.4, -0.2) is 23.8 Å². The number of carboxylic acid groups (broad SMARTS) is 1. The Kier molecular flexibility index (Phi) is 14.8. The van der Waals surface area contributed by atoms with E-state index in [1.54, 1.807) is 0 Å². The van der Waals surface area contributed by atoms with Crippen molar-refractivity contribution < 1.29 is 19.4 Å². The number of allylic oxidation sites excluding steroid dienone is 5. The van der Waals surface area contributed by atoms with Crippen LogP contribution >= 0.6 is 0 Å². The number of hydrogen-bond acceptors (Lipinski definition) is 3. The summed E-state index contributed by atoms with van der Waals surface area (Å²) < 4.78 is 12.3. The summed E-state index contributed by atoms with van der Waals surface area (Å²) in [6.07, 6.45) is 10.4. The molecule has 2 aromatic rings. The number of aliphatic carboxylic acids is 1. The van der Waals surface area contributed by atoms with E-state index in [0.717, 1.165) is 46.6 Å². The Bertz CT molecular complexity index is 1050. The first-order chi connectivity index (χ1) is 17.7. The first-order valence-electron chi connectivity index (χ1n) is 13.5. The largest absolute Gasteiger partial charge is 0.493 e. The lowest BCUT2D eigenvalue weighted by molar-refractivity contribution is -0.136. The van der Waals surface area contributed by atoms with Gasteiger partial charge in [-0.25, -0.2) is 0 Å². The first kappa shape index (κ1) is 31.8. The molecule has 37 heavy (non-hydrogen) atoms. The van der Waals surface area contributed by atoms with Crippen LogP contribution in [0.15, 0.2) is 72.9 Å². The summed E-state index contributed by atoms with van der Waals surface area (Å²) in [4.78, 5) is 10.8. The monoisotopic (exact) mass is 506 g/mol. The number of benzene rings is 2. The van der Waals surface area contributed by atoms with Crippen molar-refractivity contribution in [2.24, 2.45) is 0 Å². The zero-order chi connectivity index (χ0) is 27.8. The maximum atomic E-state index is 10.8. The average molecular weight is 507 g/mol. The Balaban J connectivity index is 0.00000334. The molecule has 0 saturated carbocycles. The van der Waals surface area contributed by atoms with E-state index >= 15 is 0 Å². The lowest BCUT2D eigenvalue weighted by Gasteiger charge is -2.22. The van der Waals surface area contributed by atoms with Crippen LogP contribution < -0.4 is 9.47 Å². The molecule has 0 aliphatic rings. The number of ether oxygens (including phenoxy) is 2. The second kappa shape index (κ2) is 17.2. The molecule has 2 atom stereocenters. The molecule has 0 amide bonds. The third-order valence-electron chi connectivity index (χ3n) is 6.16. The molecule has 2 rings (SSSR count). The summed E-state index contributed by atoms with van der Waals surface area (Å²) in [7, 11) is 0. The van der Waals surface area contributed by atoms with E-state index in [0.29, 0.717) is 13.0 Å². The van der Waals surface area contributed by atoms with Crippen molar-refractivity contribution in [1.29, 1.82) is 0 Å². The Hall–Kier alpha value is -3.27. The average Bonchev–Trinajstić information content (AvgIpc) is 2.89. The van der Waals surface area contributed by atoms with Crippen LogP contribution in [0.25, 0.3) is 0 Å². The number of hydrogen-bond donors (Lipinski definition) is 1. The van der Waals surface area contributed by atoms with Gasteiger partial charge in [0.1, 0.15) is 11.5 Å². The molecule has 0 aliphatic carbocycles. The maximum absolute atomic E-state index is 10.8. The molecule has 1 N–H and O–H groups in total. The van der Waals surface area contributed by atoms with Crippen molar-refractivity contribution in [2.75, 3.05) is 6.61 Å². The molecule has 4 nitrogen and oxygen atoms in total. The van der Waals surface area contributed by atoms with Crippen LogP contribution in [0.5, 0.6) is 11.5 Å². The maximum Gasteiger partial charge on any atom is 0.303 e. The first-order valence-corrected chi connectivity index (χ1v) is 13.5. The molecule has 0 bridgehead atoms. The van der Waals surface area contributed by atoms with E-state index in [9.17, 15) is 4.79 Å². The molecule has 202 valence electrons. The molecule has 0 aromatic heterocycles. The summed E-state index contributed by atoms with van der Waals surface area (Å²) in [5.74, 6) is 1.04. The zero-order valence-electron chi connectivity index (χ0n) is 23.8. The van der Waals surface area contributed by atoms with Gasteiger partial charge < -0.3 is 14.6 Å². The Morgan fingerprint density at radius 1 is 1.11 bits per heavy atom. The smallest absolute Gasteiger partial charge is 0.303 e. The van der Waals surface area contributed by atoms with Crippen LogP contribution in [0.2, 0.25) is 0 Å². The van der Waals surface area contributed by atoms with Crippen LogP contribution in [0.4, 0.5) is 0 Å². The minimum Gasteiger partial charge on any atom is -0.493 e. The van der Waals surface area contributed by atoms with Crippen molar-refractivity contribution in [3.63, 3.8) is 0 Å². The number of rotatable bonds is 14. The zero-order valence-corrected chi connectivity index (χ0v) is 23.8. The van der Waals surface area contributed by atoms with Gasteiger partial charge in [-0.15, -0.1) is 0 Å². The lowest BCUT2D eigenvalue weighted by Crippen LogP contribution is -2.17. The molecule has 2 aromatic carbocycles. The molecule has 2 unspecified atom stereocenters. The predicted molar refractivity (Wildman–Crippen MR) is 156 cm³/mol. The van der Waals surface area contributed by atoms with Crippen molar-refractivity contribution in [3.8, 4) is 11.5 Å². The molecular weight excluding hydrogens is 460 g/mol. The summed E-state index contributed by atoms with van der Waals surface area (Å²) in [6.45, 7) is 19.2. The molecule has 4 heteroatoms. The van der Waals surface area contributed by atoms with Crippen LogP contribution in [0, 0.1) is 6.92 Å². The highest BCUT2D eigenvalue weighted by atomic mass is 16.5. The minimum atomic E-state index is -0.782. The summed E-state index contributed by atoms with van der Waals surface area (Å²) in [5, 5.41) is 8.89. The second-order valence-electron chi connectivity index (χ2n) is 8.95. The SMILES string of the molecule is C=C(/C=C\C=C/C)C(C)c1cc(CC)ccc1OC(C)CCOc1ccc(CCC(=O)O)c(C)c1.CC. The third kappa shape index (κ3) is 11.1. The van der Waals surface area contributed by atoms with Gasteiger partial charge in [0.15, 0.2) is 0 Å². The van der Waals surface area contributed by atoms with E-state index in [1.807, 2.05) is 64.1 Å². The molecule has 0 saturated heterocycles. The summed E-state index contributed by atoms with van der Waals surface area (Å²) in [6, 6.07) is 12.3. The highest BCUT2D eigenvalue weighted by molar-refractivity contribution is 5.67. The normalized spacial score (nSPS) is 12.6. The van der Waals surface area contributed by atoms with Crippen LogP contribution in [0.3, 0.4) is 0 Å². The fourth-order valence-corrected chi connectivity index (χ4v) is 3.80. The highest BCUT2D eigenvalue weighted by Gasteiger charge is 2.16. The second-order valence-corrected chi connectivity index (χ2v) is 8.95.